The second-order valence-electron chi connectivity index (χ2n) is 6.49. The van der Waals surface area contributed by atoms with E-state index in [1.54, 1.807) is 11.1 Å². The van der Waals surface area contributed by atoms with E-state index in [2.05, 4.69) is 41.3 Å². The molecule has 1 aliphatic heterocycles. The third-order valence-electron chi connectivity index (χ3n) is 4.99. The number of nitrogen functional groups attached to an aromatic ring is 1. The highest BCUT2D eigenvalue weighted by molar-refractivity contribution is 5.46. The summed E-state index contributed by atoms with van der Waals surface area (Å²) in [6.07, 6.45) is 3.91. The van der Waals surface area contributed by atoms with Gasteiger partial charge >= 0.3 is 0 Å². The molecule has 0 saturated carbocycles. The van der Waals surface area contributed by atoms with Crippen molar-refractivity contribution in [2.75, 3.05) is 12.3 Å². The predicted octanol–water partition coefficient (Wildman–Crippen LogP) is 3.70. The number of hydrogen-bond acceptors (Lipinski definition) is 2. The molecule has 2 N–H and O–H groups in total. The second-order valence-corrected chi connectivity index (χ2v) is 6.49. The maximum absolute atomic E-state index is 5.91. The highest BCUT2D eigenvalue weighted by Crippen LogP contribution is 2.34. The van der Waals surface area contributed by atoms with Gasteiger partial charge in [-0.1, -0.05) is 30.3 Å². The van der Waals surface area contributed by atoms with Crippen LogP contribution in [0.4, 0.5) is 5.69 Å². The summed E-state index contributed by atoms with van der Waals surface area (Å²) in [6, 6.07) is 15.4. The topological polar surface area (TPSA) is 29.3 Å². The highest BCUT2D eigenvalue weighted by Gasteiger charge is 2.25. The largest absolute Gasteiger partial charge is 0.399 e. The van der Waals surface area contributed by atoms with Crippen LogP contribution in [0.1, 0.15) is 41.0 Å². The third kappa shape index (κ3) is 2.44. The maximum Gasteiger partial charge on any atom is 0.0317 e. The number of hydrogen-bond donors (Lipinski definition) is 1. The zero-order valence-corrected chi connectivity index (χ0v) is 12.4. The van der Waals surface area contributed by atoms with Gasteiger partial charge in [0.05, 0.1) is 0 Å². The van der Waals surface area contributed by atoms with Crippen LogP contribution in [0, 0.1) is 0 Å². The van der Waals surface area contributed by atoms with Gasteiger partial charge in [-0.3, -0.25) is 4.90 Å². The molecule has 1 atom stereocenters. The summed E-state index contributed by atoms with van der Waals surface area (Å²) >= 11 is 0. The highest BCUT2D eigenvalue weighted by atomic mass is 15.1. The van der Waals surface area contributed by atoms with Crippen LogP contribution in [0.3, 0.4) is 0 Å². The molecule has 1 unspecified atom stereocenters. The first-order valence-electron chi connectivity index (χ1n) is 7.97. The van der Waals surface area contributed by atoms with Crippen molar-refractivity contribution in [2.45, 2.75) is 38.3 Å². The average Bonchev–Trinajstić information content (AvgIpc) is 2.89. The minimum absolute atomic E-state index is 0.696. The van der Waals surface area contributed by atoms with E-state index in [0.29, 0.717) is 5.92 Å². The second kappa shape index (κ2) is 5.19. The lowest BCUT2D eigenvalue weighted by molar-refractivity contribution is 0.255. The van der Waals surface area contributed by atoms with E-state index >= 15 is 0 Å². The van der Waals surface area contributed by atoms with Gasteiger partial charge < -0.3 is 5.73 Å². The van der Waals surface area contributed by atoms with Gasteiger partial charge in [-0.15, -0.1) is 0 Å². The molecular formula is C19H22N2. The Labute approximate surface area is 126 Å². The molecule has 2 aromatic rings. The molecule has 0 aromatic heterocycles. The first-order valence-corrected chi connectivity index (χ1v) is 7.97. The molecule has 1 heterocycles. The van der Waals surface area contributed by atoms with Gasteiger partial charge in [0.25, 0.3) is 0 Å². The monoisotopic (exact) mass is 278 g/mol. The summed E-state index contributed by atoms with van der Waals surface area (Å²) in [6.45, 7) is 3.30. The smallest absolute Gasteiger partial charge is 0.0317 e. The van der Waals surface area contributed by atoms with Crippen LogP contribution in [0.5, 0.6) is 0 Å². The van der Waals surface area contributed by atoms with E-state index in [9.17, 15) is 0 Å². The van der Waals surface area contributed by atoms with Crippen LogP contribution in [0.15, 0.2) is 42.5 Å². The number of benzene rings is 2. The Morgan fingerprint density at radius 1 is 1.00 bits per heavy atom. The van der Waals surface area contributed by atoms with Crippen molar-refractivity contribution in [1.82, 2.24) is 4.90 Å². The Morgan fingerprint density at radius 3 is 2.81 bits per heavy atom. The Bertz CT molecular complexity index is 662. The van der Waals surface area contributed by atoms with Crippen LogP contribution in [0.25, 0.3) is 0 Å². The number of fused-ring (bicyclic) bond motifs is 2. The van der Waals surface area contributed by atoms with Gasteiger partial charge in [0.2, 0.25) is 0 Å². The Morgan fingerprint density at radius 2 is 1.86 bits per heavy atom. The predicted molar refractivity (Wildman–Crippen MR) is 87.1 cm³/mol. The van der Waals surface area contributed by atoms with Gasteiger partial charge in [0.1, 0.15) is 0 Å². The zero-order chi connectivity index (χ0) is 14.2. The SMILES string of the molecule is Nc1ccc2c(c1)CN(CC1CCCc3ccccc31)C2. The average molecular weight is 278 g/mol. The van der Waals surface area contributed by atoms with Gasteiger partial charge in [0, 0.05) is 25.3 Å². The molecule has 21 heavy (non-hydrogen) atoms. The number of rotatable bonds is 2. The molecule has 4 rings (SSSR count). The van der Waals surface area contributed by atoms with E-state index < -0.39 is 0 Å². The summed E-state index contributed by atoms with van der Waals surface area (Å²) in [5, 5.41) is 0. The van der Waals surface area contributed by atoms with Crippen LogP contribution in [-0.2, 0) is 19.5 Å². The van der Waals surface area contributed by atoms with Crippen LogP contribution < -0.4 is 5.73 Å². The van der Waals surface area contributed by atoms with Crippen molar-refractivity contribution in [2.24, 2.45) is 0 Å². The minimum Gasteiger partial charge on any atom is -0.399 e. The molecule has 0 saturated heterocycles. The molecule has 2 heteroatoms. The van der Waals surface area contributed by atoms with Crippen molar-refractivity contribution in [1.29, 1.82) is 0 Å². The number of anilines is 1. The van der Waals surface area contributed by atoms with Crippen molar-refractivity contribution in [3.8, 4) is 0 Å². The number of nitrogens with two attached hydrogens (primary N) is 1. The first-order chi connectivity index (χ1) is 10.3. The molecule has 1 aliphatic carbocycles. The minimum atomic E-state index is 0.696. The van der Waals surface area contributed by atoms with Gasteiger partial charge in [-0.05, 0) is 59.6 Å². The van der Waals surface area contributed by atoms with Crippen molar-refractivity contribution in [3.63, 3.8) is 0 Å². The number of aryl methyl sites for hydroxylation is 1. The van der Waals surface area contributed by atoms with E-state index in [1.165, 1.54) is 36.9 Å². The molecule has 0 amide bonds. The molecule has 2 aliphatic rings. The van der Waals surface area contributed by atoms with Gasteiger partial charge in [-0.25, -0.2) is 0 Å². The summed E-state index contributed by atoms with van der Waals surface area (Å²) in [5.74, 6) is 0.696. The lowest BCUT2D eigenvalue weighted by Gasteiger charge is -2.29. The molecule has 0 bridgehead atoms. The van der Waals surface area contributed by atoms with E-state index in [0.717, 1.165) is 18.8 Å². The van der Waals surface area contributed by atoms with Gasteiger partial charge in [-0.2, -0.15) is 0 Å². The fourth-order valence-electron chi connectivity index (χ4n) is 3.97. The Kier molecular flexibility index (Phi) is 3.19. The van der Waals surface area contributed by atoms with Gasteiger partial charge in [0.15, 0.2) is 0 Å². The molecular weight excluding hydrogens is 256 g/mol. The lowest BCUT2D eigenvalue weighted by atomic mass is 9.82. The maximum atomic E-state index is 5.91. The summed E-state index contributed by atoms with van der Waals surface area (Å²) in [7, 11) is 0. The van der Waals surface area contributed by atoms with Crippen LogP contribution in [0.2, 0.25) is 0 Å². The van der Waals surface area contributed by atoms with Crippen molar-refractivity contribution in [3.05, 3.63) is 64.7 Å². The van der Waals surface area contributed by atoms with E-state index in [1.807, 2.05) is 6.07 Å². The van der Waals surface area contributed by atoms with Crippen molar-refractivity contribution >= 4 is 5.69 Å². The molecule has 2 nitrogen and oxygen atoms in total. The molecule has 0 radical (unpaired) electrons. The van der Waals surface area contributed by atoms with Crippen molar-refractivity contribution < 1.29 is 0 Å². The normalized spacial score (nSPS) is 21.0. The quantitative estimate of drug-likeness (QED) is 0.849. The number of nitrogens with zero attached hydrogens (tertiary/aromatic N) is 1. The molecule has 108 valence electrons. The first kappa shape index (κ1) is 12.9. The molecule has 2 aromatic carbocycles. The Balaban J connectivity index is 1.52. The summed E-state index contributed by atoms with van der Waals surface area (Å²) in [5.41, 5.74) is 12.8. The lowest BCUT2D eigenvalue weighted by Crippen LogP contribution is -2.25. The zero-order valence-electron chi connectivity index (χ0n) is 12.4. The van der Waals surface area contributed by atoms with E-state index in [-0.39, 0.29) is 0 Å². The molecule has 0 spiro atoms. The van der Waals surface area contributed by atoms with E-state index in [4.69, 9.17) is 5.73 Å². The fraction of sp³-hybridized carbons (Fsp3) is 0.368. The standard InChI is InChI=1S/C19H22N2/c20-18-9-8-15-11-21(13-17(15)10-18)12-16-6-3-5-14-4-1-2-7-19(14)16/h1-2,4,7-10,16H,3,5-6,11-13,20H2. The Hall–Kier alpha value is -1.80. The van der Waals surface area contributed by atoms with Crippen LogP contribution >= 0.6 is 0 Å². The molecule has 0 fully saturated rings. The van der Waals surface area contributed by atoms with Crippen LogP contribution in [-0.4, -0.2) is 11.4 Å². The third-order valence-corrected chi connectivity index (χ3v) is 4.99. The summed E-state index contributed by atoms with van der Waals surface area (Å²) < 4.78 is 0. The fourth-order valence-corrected chi connectivity index (χ4v) is 3.97. The summed E-state index contributed by atoms with van der Waals surface area (Å²) in [4.78, 5) is 2.58.